The van der Waals surface area contributed by atoms with E-state index in [0.29, 0.717) is 43.3 Å². The quantitative estimate of drug-likeness (QED) is 0.596. The average molecular weight is 453 g/mol. The molecular formula is C19H21ClN4O3S2. The molecule has 0 N–H and O–H groups in total. The fourth-order valence-electron chi connectivity index (χ4n) is 3.65. The van der Waals surface area contributed by atoms with Crippen LogP contribution in [0, 0.1) is 0 Å². The Balaban J connectivity index is 1.69. The molecule has 2 aromatic heterocycles. The third-order valence-corrected chi connectivity index (χ3v) is 7.49. The van der Waals surface area contributed by atoms with Gasteiger partial charge in [0, 0.05) is 24.0 Å². The smallest absolute Gasteiger partial charge is 0.246 e. The van der Waals surface area contributed by atoms with Crippen molar-refractivity contribution in [2.75, 3.05) is 19.3 Å². The van der Waals surface area contributed by atoms with Gasteiger partial charge in [0.25, 0.3) is 0 Å². The summed E-state index contributed by atoms with van der Waals surface area (Å²) in [5, 5.41) is 8.01. The second kappa shape index (κ2) is 8.06. The summed E-state index contributed by atoms with van der Waals surface area (Å²) in [6.45, 7) is 1.19. The number of aromatic nitrogens is 3. The number of hydrogen-bond acceptors (Lipinski definition) is 5. The zero-order chi connectivity index (χ0) is 20.6. The van der Waals surface area contributed by atoms with E-state index in [0.717, 1.165) is 10.6 Å². The molecule has 0 atom stereocenters. The molecule has 0 aliphatic carbocycles. The molecule has 29 heavy (non-hydrogen) atoms. The molecule has 1 aromatic carbocycles. The maximum atomic E-state index is 13.2. The Hall–Kier alpha value is -1.94. The van der Waals surface area contributed by atoms with Crippen molar-refractivity contribution in [3.63, 3.8) is 0 Å². The number of piperidine rings is 1. The van der Waals surface area contributed by atoms with Crippen molar-refractivity contribution in [2.45, 2.75) is 25.3 Å². The van der Waals surface area contributed by atoms with E-state index in [2.05, 4.69) is 5.10 Å². The summed E-state index contributed by atoms with van der Waals surface area (Å²) >= 11 is 7.55. The molecule has 0 unspecified atom stereocenters. The van der Waals surface area contributed by atoms with Crippen molar-refractivity contribution in [1.29, 1.82) is 0 Å². The van der Waals surface area contributed by atoms with Gasteiger partial charge in [-0.15, -0.1) is 11.3 Å². The van der Waals surface area contributed by atoms with Crippen LogP contribution in [0.15, 0.2) is 46.6 Å². The topological polar surface area (TPSA) is 77.2 Å². The third kappa shape index (κ3) is 4.32. The van der Waals surface area contributed by atoms with Gasteiger partial charge in [0.15, 0.2) is 0 Å². The number of nitrogens with zero attached hydrogens (tertiary/aromatic N) is 4. The summed E-state index contributed by atoms with van der Waals surface area (Å²) in [5.74, 6) is 0.705. The molecule has 1 saturated heterocycles. The number of rotatable bonds is 5. The first-order chi connectivity index (χ1) is 13.8. The lowest BCUT2D eigenvalue weighted by Crippen LogP contribution is -2.37. The molecule has 4 rings (SSSR count). The van der Waals surface area contributed by atoms with Crippen LogP contribution in [0.4, 0.5) is 0 Å². The Kier molecular flexibility index (Phi) is 5.65. The van der Waals surface area contributed by atoms with E-state index in [1.807, 2.05) is 35.7 Å². The lowest BCUT2D eigenvalue weighted by molar-refractivity contribution is 0.313. The SMILES string of the molecule is CS(=O)(=O)N1CCC(c2nn(Cc3cccc(Cl)c3)c(=O)n2-c2cccs2)CC1. The van der Waals surface area contributed by atoms with Crippen LogP contribution in [-0.2, 0) is 16.6 Å². The largest absolute Gasteiger partial charge is 0.351 e. The standard InChI is InChI=1S/C19H21ClN4O3S2/c1-29(26,27)22-9-7-15(8-10-22)18-21-23(13-14-4-2-5-16(20)12-14)19(25)24(18)17-6-3-11-28-17/h2-6,11-12,15H,7-10,13H2,1H3. The second-order valence-electron chi connectivity index (χ2n) is 7.15. The summed E-state index contributed by atoms with van der Waals surface area (Å²) in [5.41, 5.74) is 0.696. The molecule has 1 fully saturated rings. The molecular weight excluding hydrogens is 432 g/mol. The highest BCUT2D eigenvalue weighted by Crippen LogP contribution is 2.29. The van der Waals surface area contributed by atoms with Crippen LogP contribution in [-0.4, -0.2) is 46.4 Å². The number of benzene rings is 1. The molecule has 154 valence electrons. The number of sulfonamides is 1. The summed E-state index contributed by atoms with van der Waals surface area (Å²) < 4.78 is 28.2. The van der Waals surface area contributed by atoms with Crippen molar-refractivity contribution in [3.8, 4) is 5.00 Å². The summed E-state index contributed by atoms with van der Waals surface area (Å²) in [6, 6.07) is 11.2. The van der Waals surface area contributed by atoms with E-state index in [9.17, 15) is 13.2 Å². The van der Waals surface area contributed by atoms with Gasteiger partial charge in [0.2, 0.25) is 10.0 Å². The molecule has 0 amide bonds. The molecule has 10 heteroatoms. The first-order valence-electron chi connectivity index (χ1n) is 9.26. The second-order valence-corrected chi connectivity index (χ2v) is 10.5. The fraction of sp³-hybridized carbons (Fsp3) is 0.368. The van der Waals surface area contributed by atoms with Gasteiger partial charge in [-0.3, -0.25) is 0 Å². The summed E-state index contributed by atoms with van der Waals surface area (Å²) in [7, 11) is -3.20. The predicted octanol–water partition coefficient (Wildman–Crippen LogP) is 2.94. The molecule has 7 nitrogen and oxygen atoms in total. The van der Waals surface area contributed by atoms with E-state index in [1.54, 1.807) is 10.6 Å². The van der Waals surface area contributed by atoms with Crippen LogP contribution in [0.2, 0.25) is 5.02 Å². The molecule has 0 saturated carbocycles. The van der Waals surface area contributed by atoms with Crippen molar-refractivity contribution < 1.29 is 8.42 Å². The Morgan fingerprint density at radius 1 is 1.21 bits per heavy atom. The summed E-state index contributed by atoms with van der Waals surface area (Å²) in [6.07, 6.45) is 2.49. The van der Waals surface area contributed by atoms with Gasteiger partial charge >= 0.3 is 5.69 Å². The van der Waals surface area contributed by atoms with Crippen LogP contribution in [0.25, 0.3) is 5.00 Å². The Bertz CT molecular complexity index is 1160. The zero-order valence-corrected chi connectivity index (χ0v) is 18.3. The van der Waals surface area contributed by atoms with Crippen LogP contribution in [0.1, 0.15) is 30.1 Å². The molecule has 3 heterocycles. The van der Waals surface area contributed by atoms with E-state index in [-0.39, 0.29) is 11.6 Å². The van der Waals surface area contributed by atoms with Crippen molar-refractivity contribution in [2.24, 2.45) is 0 Å². The minimum atomic E-state index is -3.20. The highest BCUT2D eigenvalue weighted by Gasteiger charge is 2.30. The number of thiophene rings is 1. The molecule has 3 aromatic rings. The van der Waals surface area contributed by atoms with Gasteiger partial charge < -0.3 is 0 Å². The van der Waals surface area contributed by atoms with Gasteiger partial charge in [-0.1, -0.05) is 23.7 Å². The fourth-order valence-corrected chi connectivity index (χ4v) is 5.47. The molecule has 0 radical (unpaired) electrons. The Labute approximate surface area is 178 Å². The van der Waals surface area contributed by atoms with Gasteiger partial charge in [0.05, 0.1) is 12.8 Å². The van der Waals surface area contributed by atoms with Crippen LogP contribution < -0.4 is 5.69 Å². The molecule has 1 aliphatic heterocycles. The summed E-state index contributed by atoms with van der Waals surface area (Å²) in [4.78, 5) is 13.2. The number of halogens is 1. The van der Waals surface area contributed by atoms with E-state index in [4.69, 9.17) is 11.6 Å². The van der Waals surface area contributed by atoms with Crippen molar-refractivity contribution in [3.05, 3.63) is 68.7 Å². The Morgan fingerprint density at radius 3 is 2.59 bits per heavy atom. The van der Waals surface area contributed by atoms with Gasteiger partial charge in [-0.05, 0) is 48.1 Å². The first-order valence-corrected chi connectivity index (χ1v) is 12.4. The number of hydrogen-bond donors (Lipinski definition) is 0. The van der Waals surface area contributed by atoms with Crippen LogP contribution >= 0.6 is 22.9 Å². The molecule has 0 bridgehead atoms. The minimum Gasteiger partial charge on any atom is -0.246 e. The third-order valence-electron chi connectivity index (χ3n) is 5.10. The monoisotopic (exact) mass is 452 g/mol. The highest BCUT2D eigenvalue weighted by molar-refractivity contribution is 7.88. The van der Waals surface area contributed by atoms with E-state index >= 15 is 0 Å². The van der Waals surface area contributed by atoms with E-state index in [1.165, 1.54) is 26.6 Å². The first kappa shape index (κ1) is 20.3. The molecule has 1 aliphatic rings. The predicted molar refractivity (Wildman–Crippen MR) is 115 cm³/mol. The van der Waals surface area contributed by atoms with Gasteiger partial charge in [-0.2, -0.15) is 5.10 Å². The Morgan fingerprint density at radius 2 is 1.97 bits per heavy atom. The van der Waals surface area contributed by atoms with Gasteiger partial charge in [-0.25, -0.2) is 26.8 Å². The highest BCUT2D eigenvalue weighted by atomic mass is 35.5. The lowest BCUT2D eigenvalue weighted by atomic mass is 9.97. The van der Waals surface area contributed by atoms with Crippen molar-refractivity contribution in [1.82, 2.24) is 18.7 Å². The maximum absolute atomic E-state index is 13.2. The zero-order valence-electron chi connectivity index (χ0n) is 15.9. The average Bonchev–Trinajstić information content (AvgIpc) is 3.30. The van der Waals surface area contributed by atoms with E-state index < -0.39 is 10.0 Å². The van der Waals surface area contributed by atoms with Crippen LogP contribution in [0.5, 0.6) is 0 Å². The lowest BCUT2D eigenvalue weighted by Gasteiger charge is -2.29. The normalized spacial score (nSPS) is 16.3. The maximum Gasteiger partial charge on any atom is 0.351 e. The minimum absolute atomic E-state index is 0.0170. The van der Waals surface area contributed by atoms with Crippen molar-refractivity contribution >= 4 is 33.0 Å². The van der Waals surface area contributed by atoms with Crippen LogP contribution in [0.3, 0.4) is 0 Å². The molecule has 0 spiro atoms. The van der Waals surface area contributed by atoms with Gasteiger partial charge in [0.1, 0.15) is 10.8 Å².